The van der Waals surface area contributed by atoms with Crippen molar-refractivity contribution in [1.29, 1.82) is 0 Å². The van der Waals surface area contributed by atoms with Crippen LogP contribution < -0.4 is 4.74 Å². The molecule has 18 heavy (non-hydrogen) atoms. The summed E-state index contributed by atoms with van der Waals surface area (Å²) in [5.41, 5.74) is 0. The molecule has 0 atom stereocenters. The van der Waals surface area contributed by atoms with Crippen molar-refractivity contribution in [2.24, 2.45) is 0 Å². The Morgan fingerprint density at radius 2 is 2.06 bits per heavy atom. The van der Waals surface area contributed by atoms with Gasteiger partial charge in [0.15, 0.2) is 6.61 Å². The average Bonchev–Trinajstić information content (AvgIpc) is 2.41. The highest BCUT2D eigenvalue weighted by molar-refractivity contribution is 9.10. The van der Waals surface area contributed by atoms with Crippen LogP contribution in [0.15, 0.2) is 22.7 Å². The van der Waals surface area contributed by atoms with Crippen LogP contribution >= 0.6 is 27.5 Å². The molecule has 0 spiro atoms. The summed E-state index contributed by atoms with van der Waals surface area (Å²) in [5.74, 6) is 0.648. The van der Waals surface area contributed by atoms with Crippen molar-refractivity contribution in [2.75, 3.05) is 19.7 Å². The zero-order valence-electron chi connectivity index (χ0n) is 9.99. The molecule has 0 radical (unpaired) electrons. The first kappa shape index (κ1) is 13.7. The fourth-order valence-corrected chi connectivity index (χ4v) is 2.51. The lowest BCUT2D eigenvalue weighted by Crippen LogP contribution is -2.38. The molecule has 0 aromatic heterocycles. The fourth-order valence-electron chi connectivity index (χ4n) is 1.97. The minimum atomic E-state index is 0.0431. The second kappa shape index (κ2) is 6.43. The summed E-state index contributed by atoms with van der Waals surface area (Å²) in [7, 11) is 0. The number of carbonyl (C=O) groups excluding carboxylic acids is 1. The molecule has 1 heterocycles. The summed E-state index contributed by atoms with van der Waals surface area (Å²) in [6, 6.07) is 5.36. The molecule has 0 bridgehead atoms. The number of likely N-dealkylation sites (tertiary alicyclic amines) is 1. The summed E-state index contributed by atoms with van der Waals surface area (Å²) in [4.78, 5) is 13.8. The van der Waals surface area contributed by atoms with Crippen molar-refractivity contribution >= 4 is 33.4 Å². The number of amides is 1. The number of hydrogen-bond donors (Lipinski definition) is 0. The molecule has 1 aliphatic heterocycles. The number of hydrogen-bond acceptors (Lipinski definition) is 2. The first-order valence-electron chi connectivity index (χ1n) is 6.03. The van der Waals surface area contributed by atoms with Crippen LogP contribution in [-0.2, 0) is 4.79 Å². The minimum Gasteiger partial charge on any atom is -0.483 e. The van der Waals surface area contributed by atoms with Crippen molar-refractivity contribution in [2.45, 2.75) is 19.3 Å². The first-order chi connectivity index (χ1) is 8.68. The van der Waals surface area contributed by atoms with E-state index in [4.69, 9.17) is 16.3 Å². The molecule has 0 saturated carbocycles. The van der Waals surface area contributed by atoms with Gasteiger partial charge in [-0.1, -0.05) is 17.7 Å². The Balaban J connectivity index is 1.90. The Morgan fingerprint density at radius 3 is 2.78 bits per heavy atom. The van der Waals surface area contributed by atoms with Crippen LogP contribution in [0.5, 0.6) is 5.75 Å². The summed E-state index contributed by atoms with van der Waals surface area (Å²) in [5, 5.41) is 0.581. The third-order valence-electron chi connectivity index (χ3n) is 2.98. The van der Waals surface area contributed by atoms with Gasteiger partial charge in [0.2, 0.25) is 0 Å². The standard InChI is InChI=1S/C13H15BrClNO2/c14-13-10(15)5-4-6-11(13)18-9-12(17)16-7-2-1-3-8-16/h4-6H,1-3,7-9H2. The second-order valence-corrected chi connectivity index (χ2v) is 5.48. The predicted molar refractivity (Wildman–Crippen MR) is 75.1 cm³/mol. The van der Waals surface area contributed by atoms with Crippen LogP contribution in [0.1, 0.15) is 19.3 Å². The lowest BCUT2D eigenvalue weighted by molar-refractivity contribution is -0.134. The molecule has 0 N–H and O–H groups in total. The van der Waals surface area contributed by atoms with Crippen molar-refractivity contribution in [3.8, 4) is 5.75 Å². The van der Waals surface area contributed by atoms with Gasteiger partial charge >= 0.3 is 0 Å². The number of carbonyl (C=O) groups is 1. The maximum atomic E-state index is 11.9. The van der Waals surface area contributed by atoms with E-state index < -0.39 is 0 Å². The van der Waals surface area contributed by atoms with Crippen molar-refractivity contribution in [3.05, 3.63) is 27.7 Å². The van der Waals surface area contributed by atoms with Crippen LogP contribution in [-0.4, -0.2) is 30.5 Å². The summed E-state index contributed by atoms with van der Waals surface area (Å²) >= 11 is 9.30. The molecule has 1 aliphatic rings. The normalized spacial score (nSPS) is 15.6. The fraction of sp³-hybridized carbons (Fsp3) is 0.462. The van der Waals surface area contributed by atoms with Crippen LogP contribution in [0.4, 0.5) is 0 Å². The maximum absolute atomic E-state index is 11.9. The Labute approximate surface area is 120 Å². The van der Waals surface area contributed by atoms with Crippen LogP contribution in [0, 0.1) is 0 Å². The van der Waals surface area contributed by atoms with Gasteiger partial charge in [0, 0.05) is 13.1 Å². The molecule has 98 valence electrons. The largest absolute Gasteiger partial charge is 0.483 e. The topological polar surface area (TPSA) is 29.5 Å². The quantitative estimate of drug-likeness (QED) is 0.848. The molecule has 1 aromatic rings. The van der Waals surface area contributed by atoms with E-state index in [0.717, 1.165) is 25.9 Å². The van der Waals surface area contributed by atoms with Crippen molar-refractivity contribution in [1.82, 2.24) is 4.90 Å². The van der Waals surface area contributed by atoms with Gasteiger partial charge in [0.05, 0.1) is 9.50 Å². The Hall–Kier alpha value is -0.740. The lowest BCUT2D eigenvalue weighted by Gasteiger charge is -2.26. The average molecular weight is 333 g/mol. The molecular formula is C13H15BrClNO2. The van der Waals surface area contributed by atoms with Crippen LogP contribution in [0.2, 0.25) is 5.02 Å². The zero-order chi connectivity index (χ0) is 13.0. The minimum absolute atomic E-state index is 0.0431. The number of rotatable bonds is 3. The molecule has 3 nitrogen and oxygen atoms in total. The smallest absolute Gasteiger partial charge is 0.260 e. The maximum Gasteiger partial charge on any atom is 0.260 e. The number of nitrogens with zero attached hydrogens (tertiary/aromatic N) is 1. The number of halogens is 2. The van der Waals surface area contributed by atoms with E-state index in [1.54, 1.807) is 18.2 Å². The molecular weight excluding hydrogens is 318 g/mol. The van der Waals surface area contributed by atoms with Gasteiger partial charge in [-0.3, -0.25) is 4.79 Å². The zero-order valence-corrected chi connectivity index (χ0v) is 12.3. The molecule has 1 fully saturated rings. The van der Waals surface area contributed by atoms with Gasteiger partial charge in [0.25, 0.3) is 5.91 Å². The summed E-state index contributed by atoms with van der Waals surface area (Å²) in [6.07, 6.45) is 3.39. The van der Waals surface area contributed by atoms with Crippen LogP contribution in [0.25, 0.3) is 0 Å². The van der Waals surface area contributed by atoms with Gasteiger partial charge in [-0.25, -0.2) is 0 Å². The Bertz CT molecular complexity index is 433. The number of piperidine rings is 1. The molecule has 1 saturated heterocycles. The number of ether oxygens (including phenoxy) is 1. The van der Waals surface area contributed by atoms with E-state index in [2.05, 4.69) is 15.9 Å². The second-order valence-electron chi connectivity index (χ2n) is 4.28. The highest BCUT2D eigenvalue weighted by Crippen LogP contribution is 2.31. The Kier molecular flexibility index (Phi) is 4.89. The monoisotopic (exact) mass is 331 g/mol. The van der Waals surface area contributed by atoms with E-state index >= 15 is 0 Å². The summed E-state index contributed by atoms with van der Waals surface area (Å²) in [6.45, 7) is 1.76. The van der Waals surface area contributed by atoms with E-state index in [1.165, 1.54) is 6.42 Å². The predicted octanol–water partition coefficient (Wildman–Crippen LogP) is 3.49. The van der Waals surface area contributed by atoms with Gasteiger partial charge < -0.3 is 9.64 Å². The van der Waals surface area contributed by atoms with Crippen LogP contribution in [0.3, 0.4) is 0 Å². The molecule has 5 heteroatoms. The van der Waals surface area contributed by atoms with E-state index in [-0.39, 0.29) is 12.5 Å². The van der Waals surface area contributed by atoms with E-state index in [1.807, 2.05) is 4.90 Å². The van der Waals surface area contributed by atoms with E-state index in [9.17, 15) is 4.79 Å². The number of benzene rings is 1. The molecule has 1 aromatic carbocycles. The molecule has 2 rings (SSSR count). The van der Waals surface area contributed by atoms with Crippen molar-refractivity contribution < 1.29 is 9.53 Å². The molecule has 0 unspecified atom stereocenters. The third-order valence-corrected chi connectivity index (χ3v) is 4.34. The van der Waals surface area contributed by atoms with Gasteiger partial charge in [-0.2, -0.15) is 0 Å². The molecule has 0 aliphatic carbocycles. The highest BCUT2D eigenvalue weighted by Gasteiger charge is 2.17. The lowest BCUT2D eigenvalue weighted by atomic mass is 10.1. The van der Waals surface area contributed by atoms with Gasteiger partial charge in [-0.05, 0) is 47.3 Å². The summed E-state index contributed by atoms with van der Waals surface area (Å²) < 4.78 is 6.20. The van der Waals surface area contributed by atoms with Gasteiger partial charge in [-0.15, -0.1) is 0 Å². The van der Waals surface area contributed by atoms with Gasteiger partial charge in [0.1, 0.15) is 5.75 Å². The SMILES string of the molecule is O=C(COc1cccc(Cl)c1Br)N1CCCCC1. The van der Waals surface area contributed by atoms with E-state index in [0.29, 0.717) is 15.2 Å². The first-order valence-corrected chi connectivity index (χ1v) is 7.20. The van der Waals surface area contributed by atoms with Crippen molar-refractivity contribution in [3.63, 3.8) is 0 Å². The molecule has 1 amide bonds. The third kappa shape index (κ3) is 3.39. The Morgan fingerprint density at radius 1 is 1.33 bits per heavy atom. The highest BCUT2D eigenvalue weighted by atomic mass is 79.9.